The molecule has 0 bridgehead atoms. The summed E-state index contributed by atoms with van der Waals surface area (Å²) in [6, 6.07) is 0. The van der Waals surface area contributed by atoms with E-state index in [1.165, 1.54) is 28.1 Å². The molecule has 0 aliphatic carbocycles. The minimum absolute atomic E-state index is 0.736. The summed E-state index contributed by atoms with van der Waals surface area (Å²) in [6.45, 7) is 9.94. The van der Waals surface area contributed by atoms with Crippen molar-refractivity contribution in [3.05, 3.63) is 18.3 Å². The van der Waals surface area contributed by atoms with E-state index in [2.05, 4.69) is 39.1 Å². The van der Waals surface area contributed by atoms with E-state index >= 15 is 0 Å². The van der Waals surface area contributed by atoms with Crippen molar-refractivity contribution in [1.82, 2.24) is 0 Å². The summed E-state index contributed by atoms with van der Waals surface area (Å²) in [4.78, 5) is 6.80. The molecule has 8 heteroatoms. The summed E-state index contributed by atoms with van der Waals surface area (Å²) in [5.41, 5.74) is 0. The Morgan fingerprint density at radius 1 is 0.679 bits per heavy atom. The molecular weight excluding hydrogens is 465 g/mol. The highest BCUT2D eigenvalue weighted by Gasteiger charge is 2.37. The van der Waals surface area contributed by atoms with Crippen molar-refractivity contribution in [3.63, 3.8) is 0 Å². The molecule has 0 aromatic heterocycles. The number of thioether (sulfide) groups is 4. The number of allylic oxidation sites excluding steroid dienone is 2. The van der Waals surface area contributed by atoms with Crippen LogP contribution in [0.5, 0.6) is 11.5 Å². The minimum Gasteiger partial charge on any atom is -0.491 e. The number of thiol groups is 2. The van der Waals surface area contributed by atoms with E-state index in [0.717, 1.165) is 60.2 Å². The molecule has 0 fully saturated rings. The molecular formula is C20H26O2S6. The van der Waals surface area contributed by atoms with Crippen molar-refractivity contribution in [2.24, 2.45) is 0 Å². The van der Waals surface area contributed by atoms with Crippen LogP contribution in [0.25, 0.3) is 0 Å². The molecule has 0 N–H and O–H groups in total. The number of fused-ring (bicyclic) bond motifs is 2. The van der Waals surface area contributed by atoms with Crippen LogP contribution in [0, 0.1) is 0 Å². The van der Waals surface area contributed by atoms with Gasteiger partial charge in [0.15, 0.2) is 0 Å². The van der Waals surface area contributed by atoms with Crippen LogP contribution in [0.3, 0.4) is 0 Å². The molecule has 0 spiro atoms. The number of benzene rings is 1. The Kier molecular flexibility index (Phi) is 8.75. The molecule has 2 aliphatic heterocycles. The van der Waals surface area contributed by atoms with Crippen LogP contribution in [0.4, 0.5) is 0 Å². The van der Waals surface area contributed by atoms with Crippen molar-refractivity contribution in [2.45, 2.75) is 73.0 Å². The van der Waals surface area contributed by atoms with Crippen LogP contribution in [0.15, 0.2) is 37.9 Å². The Morgan fingerprint density at radius 3 is 1.25 bits per heavy atom. The van der Waals surface area contributed by atoms with Gasteiger partial charge in [0.05, 0.1) is 41.3 Å². The van der Waals surface area contributed by atoms with Gasteiger partial charge in [-0.3, -0.25) is 0 Å². The fraction of sp³-hybridized carbons (Fsp3) is 0.500. The zero-order chi connectivity index (χ0) is 20.3. The second-order valence-corrected chi connectivity index (χ2v) is 12.5. The Hall–Kier alpha value is 0.400. The Bertz CT molecular complexity index is 699. The molecule has 2 nitrogen and oxygen atoms in total. The molecule has 0 radical (unpaired) electrons. The van der Waals surface area contributed by atoms with Crippen molar-refractivity contribution in [1.29, 1.82) is 0 Å². The smallest absolute Gasteiger partial charge is 0.149 e. The highest BCUT2D eigenvalue weighted by Crippen LogP contribution is 2.68. The topological polar surface area (TPSA) is 18.5 Å². The molecule has 0 saturated heterocycles. The largest absolute Gasteiger partial charge is 0.491 e. The predicted octanol–water partition coefficient (Wildman–Crippen LogP) is 8.68. The normalized spacial score (nSPS) is 14.9. The fourth-order valence-corrected chi connectivity index (χ4v) is 8.20. The molecule has 1 aromatic carbocycles. The van der Waals surface area contributed by atoms with Gasteiger partial charge in [0, 0.05) is 0 Å². The Morgan fingerprint density at radius 2 is 1.00 bits per heavy atom. The van der Waals surface area contributed by atoms with Crippen molar-refractivity contribution >= 4 is 72.3 Å². The first-order chi connectivity index (χ1) is 13.5. The van der Waals surface area contributed by atoms with E-state index in [-0.39, 0.29) is 0 Å². The van der Waals surface area contributed by atoms with Crippen LogP contribution >= 0.6 is 72.3 Å². The highest BCUT2D eigenvalue weighted by atomic mass is 32.2. The minimum atomic E-state index is 0.736. The lowest BCUT2D eigenvalue weighted by Crippen LogP contribution is -2.03. The average molecular weight is 491 g/mol. The van der Waals surface area contributed by atoms with Crippen LogP contribution in [-0.2, 0) is 0 Å². The standard InChI is InChI=1S/C20H26O2S6/c1-5-7-9-21-13-15-17(27-19(25-15)11(3)23)14(22-10-8-6-2)18-16(13)26-20(28-18)12(4)24/h23-24H,5-10H2,1-4H3. The van der Waals surface area contributed by atoms with E-state index in [1.54, 1.807) is 47.0 Å². The molecule has 2 heterocycles. The van der Waals surface area contributed by atoms with Gasteiger partial charge in [0.2, 0.25) is 0 Å². The van der Waals surface area contributed by atoms with Gasteiger partial charge in [-0.05, 0) is 36.5 Å². The Balaban J connectivity index is 2.11. The molecule has 0 atom stereocenters. The van der Waals surface area contributed by atoms with Gasteiger partial charge in [-0.2, -0.15) is 0 Å². The molecule has 154 valence electrons. The van der Waals surface area contributed by atoms with Crippen molar-refractivity contribution in [2.75, 3.05) is 13.2 Å². The number of unbranched alkanes of at least 4 members (excludes halogenated alkanes) is 2. The number of rotatable bonds is 8. The third-order valence-corrected chi connectivity index (χ3v) is 10.7. The number of hydrogen-bond acceptors (Lipinski definition) is 8. The van der Waals surface area contributed by atoms with Crippen LogP contribution in [0.2, 0.25) is 0 Å². The van der Waals surface area contributed by atoms with E-state index in [9.17, 15) is 0 Å². The summed E-state index contributed by atoms with van der Waals surface area (Å²) < 4.78 is 15.1. The number of hydrogen-bond donors (Lipinski definition) is 2. The van der Waals surface area contributed by atoms with Gasteiger partial charge in [0.25, 0.3) is 0 Å². The lowest BCUT2D eigenvalue weighted by molar-refractivity contribution is 0.274. The summed E-state index contributed by atoms with van der Waals surface area (Å²) in [6.07, 6.45) is 4.34. The van der Waals surface area contributed by atoms with Gasteiger partial charge in [-0.1, -0.05) is 73.7 Å². The second kappa shape index (κ2) is 10.6. The van der Waals surface area contributed by atoms with Gasteiger partial charge >= 0.3 is 0 Å². The SMILES string of the molecule is CCCCOc1c2c(c(OCCCC)c3c1SC(=C(C)S)S3)SC(=C(C)S)S2. The van der Waals surface area contributed by atoms with Crippen LogP contribution in [-0.4, -0.2) is 13.2 Å². The quantitative estimate of drug-likeness (QED) is 0.278. The summed E-state index contributed by atoms with van der Waals surface area (Å²) >= 11 is 16.2. The average Bonchev–Trinajstić information content (AvgIpc) is 3.28. The van der Waals surface area contributed by atoms with Gasteiger partial charge in [-0.25, -0.2) is 0 Å². The molecule has 3 rings (SSSR count). The molecule has 1 aromatic rings. The first-order valence-electron chi connectivity index (χ1n) is 9.48. The second-order valence-electron chi connectivity index (χ2n) is 6.53. The summed E-state index contributed by atoms with van der Waals surface area (Å²) in [7, 11) is 0. The zero-order valence-electron chi connectivity index (χ0n) is 16.6. The molecule has 0 saturated carbocycles. The molecule has 0 unspecified atom stereocenters. The summed E-state index contributed by atoms with van der Waals surface area (Å²) in [5, 5.41) is 0. The van der Waals surface area contributed by atoms with Crippen molar-refractivity contribution in [3.8, 4) is 11.5 Å². The van der Waals surface area contributed by atoms with E-state index in [0.29, 0.717) is 0 Å². The monoisotopic (exact) mass is 490 g/mol. The zero-order valence-corrected chi connectivity index (χ0v) is 21.6. The Labute approximate surface area is 196 Å². The summed E-state index contributed by atoms with van der Waals surface area (Å²) in [5.74, 6) is 2.01. The maximum atomic E-state index is 6.35. The predicted molar refractivity (Wildman–Crippen MR) is 134 cm³/mol. The van der Waals surface area contributed by atoms with Gasteiger partial charge in [0.1, 0.15) is 11.5 Å². The third-order valence-electron chi connectivity index (χ3n) is 4.10. The first-order valence-corrected chi connectivity index (χ1v) is 13.6. The van der Waals surface area contributed by atoms with Crippen molar-refractivity contribution < 1.29 is 9.47 Å². The van der Waals surface area contributed by atoms with Gasteiger partial charge in [-0.15, -0.1) is 25.3 Å². The van der Waals surface area contributed by atoms with E-state index in [4.69, 9.17) is 9.47 Å². The lowest BCUT2D eigenvalue weighted by Gasteiger charge is -2.18. The molecule has 28 heavy (non-hydrogen) atoms. The van der Waals surface area contributed by atoms with Crippen LogP contribution in [0.1, 0.15) is 53.4 Å². The molecule has 2 aliphatic rings. The van der Waals surface area contributed by atoms with Crippen LogP contribution < -0.4 is 9.47 Å². The highest BCUT2D eigenvalue weighted by molar-refractivity contribution is 8.26. The lowest BCUT2D eigenvalue weighted by atomic mass is 10.3. The van der Waals surface area contributed by atoms with E-state index in [1.807, 2.05) is 13.8 Å². The maximum absolute atomic E-state index is 6.35. The maximum Gasteiger partial charge on any atom is 0.149 e. The first kappa shape index (κ1) is 23.1. The molecule has 0 amide bonds. The third kappa shape index (κ3) is 4.99. The van der Waals surface area contributed by atoms with Gasteiger partial charge < -0.3 is 9.47 Å². The number of ether oxygens (including phenoxy) is 2. The fourth-order valence-electron chi connectivity index (χ4n) is 2.60. The van der Waals surface area contributed by atoms with E-state index < -0.39 is 0 Å².